The Balaban J connectivity index is 2.14. The number of unbranched alkanes of at least 4 members (excludes halogenated alkanes) is 1. The fraction of sp³-hybridized carbons (Fsp3) is 0.846. The number of aliphatic carboxylic acids is 1. The lowest BCUT2D eigenvalue weighted by molar-refractivity contribution is -0.142. The molecule has 0 saturated carbocycles. The zero-order valence-electron chi connectivity index (χ0n) is 12.2. The van der Waals surface area contributed by atoms with E-state index in [4.69, 9.17) is 5.11 Å². The van der Waals surface area contributed by atoms with Gasteiger partial charge in [-0.15, -0.1) is 0 Å². The van der Waals surface area contributed by atoms with E-state index in [1.165, 1.54) is 0 Å². The highest BCUT2D eigenvalue weighted by atomic mass is 32.2. The maximum Gasteiger partial charge on any atom is 0.317 e. The number of carbonyl (C=O) groups is 2. The molecule has 1 amide bonds. The van der Waals surface area contributed by atoms with E-state index >= 15 is 0 Å². The van der Waals surface area contributed by atoms with Crippen LogP contribution in [0.25, 0.3) is 0 Å². The monoisotopic (exact) mass is 318 g/mol. The van der Waals surface area contributed by atoms with E-state index < -0.39 is 21.8 Å². The summed E-state index contributed by atoms with van der Waals surface area (Å²) in [5.41, 5.74) is 0. The second kappa shape index (κ2) is 6.31. The van der Waals surface area contributed by atoms with Gasteiger partial charge in [0.1, 0.15) is 0 Å². The van der Waals surface area contributed by atoms with Crippen LogP contribution >= 0.6 is 0 Å². The summed E-state index contributed by atoms with van der Waals surface area (Å²) in [4.78, 5) is 26.5. The van der Waals surface area contributed by atoms with Crippen LogP contribution in [0.3, 0.4) is 0 Å². The predicted molar refractivity (Wildman–Crippen MR) is 76.7 cm³/mol. The number of hydrogen-bond donors (Lipinski definition) is 1. The number of carboxylic acids is 1. The molecule has 0 aliphatic carbocycles. The molecule has 2 heterocycles. The van der Waals surface area contributed by atoms with E-state index in [9.17, 15) is 18.0 Å². The van der Waals surface area contributed by atoms with Crippen LogP contribution in [0.2, 0.25) is 0 Å². The number of rotatable bonds is 5. The van der Waals surface area contributed by atoms with Crippen molar-refractivity contribution in [3.05, 3.63) is 0 Å². The number of hydrogen-bond acceptors (Lipinski definition) is 5. The minimum absolute atomic E-state index is 0.0149. The summed E-state index contributed by atoms with van der Waals surface area (Å²) in [6.45, 7) is 2.65. The summed E-state index contributed by atoms with van der Waals surface area (Å²) >= 11 is 0. The van der Waals surface area contributed by atoms with E-state index in [0.717, 1.165) is 12.8 Å². The first-order chi connectivity index (χ1) is 9.84. The quantitative estimate of drug-likeness (QED) is 0.739. The topological polar surface area (TPSA) is 95.0 Å². The van der Waals surface area contributed by atoms with E-state index in [1.54, 1.807) is 9.80 Å². The number of sulfone groups is 1. The molecule has 2 saturated heterocycles. The normalized spacial score (nSPS) is 28.3. The molecular formula is C13H22N2O5S. The highest BCUT2D eigenvalue weighted by Gasteiger charge is 2.48. The molecule has 0 radical (unpaired) electrons. The van der Waals surface area contributed by atoms with Crippen LogP contribution in [-0.2, 0) is 19.4 Å². The minimum atomic E-state index is -3.21. The lowest BCUT2D eigenvalue weighted by Crippen LogP contribution is -2.61. The summed E-state index contributed by atoms with van der Waals surface area (Å²) in [5, 5.41) is 8.94. The summed E-state index contributed by atoms with van der Waals surface area (Å²) in [6.07, 6.45) is 2.13. The molecule has 2 rings (SSSR count). The van der Waals surface area contributed by atoms with Gasteiger partial charge in [-0.2, -0.15) is 0 Å². The third kappa shape index (κ3) is 3.74. The molecule has 7 nitrogen and oxygen atoms in total. The van der Waals surface area contributed by atoms with Crippen LogP contribution in [-0.4, -0.2) is 78.4 Å². The van der Waals surface area contributed by atoms with Gasteiger partial charge in [-0.05, 0) is 6.42 Å². The van der Waals surface area contributed by atoms with Gasteiger partial charge in [0, 0.05) is 25.6 Å². The van der Waals surface area contributed by atoms with Crippen molar-refractivity contribution < 1.29 is 23.1 Å². The van der Waals surface area contributed by atoms with Crippen LogP contribution in [0.4, 0.5) is 0 Å². The number of fused-ring (bicyclic) bond motifs is 1. The molecule has 0 unspecified atom stereocenters. The van der Waals surface area contributed by atoms with Gasteiger partial charge in [0.15, 0.2) is 9.84 Å². The summed E-state index contributed by atoms with van der Waals surface area (Å²) in [6, 6.07) is -0.780. The minimum Gasteiger partial charge on any atom is -0.480 e. The maximum absolute atomic E-state index is 12.2. The molecule has 21 heavy (non-hydrogen) atoms. The Morgan fingerprint density at radius 1 is 1.19 bits per heavy atom. The molecule has 0 aromatic heterocycles. The molecule has 8 heteroatoms. The zero-order chi connectivity index (χ0) is 15.6. The largest absolute Gasteiger partial charge is 0.480 e. The Bertz CT molecular complexity index is 519. The van der Waals surface area contributed by atoms with Crippen molar-refractivity contribution in [2.75, 3.05) is 31.1 Å². The number of piperazine rings is 1. The fourth-order valence-corrected chi connectivity index (χ4v) is 5.19. The molecule has 120 valence electrons. The van der Waals surface area contributed by atoms with Gasteiger partial charge in [-0.25, -0.2) is 8.42 Å². The first-order valence-electron chi connectivity index (χ1n) is 7.30. The van der Waals surface area contributed by atoms with Crippen molar-refractivity contribution in [1.29, 1.82) is 0 Å². The standard InChI is InChI=1S/C13H22N2O5S/c1-2-3-4-12(16)15-6-5-14(7-13(17)18)10-8-21(19,20)9-11(10)15/h10-11H,2-9H2,1H3,(H,17,18)/t10-,11+/m1/s1. The molecule has 0 bridgehead atoms. The number of carbonyl (C=O) groups excluding carboxylic acids is 1. The first kappa shape index (κ1) is 16.2. The van der Waals surface area contributed by atoms with Crippen molar-refractivity contribution in [2.24, 2.45) is 0 Å². The first-order valence-corrected chi connectivity index (χ1v) is 9.12. The summed E-state index contributed by atoms with van der Waals surface area (Å²) in [5.74, 6) is -1.09. The lowest BCUT2D eigenvalue weighted by atomic mass is 10.0. The second-order valence-corrected chi connectivity index (χ2v) is 7.92. The molecule has 2 aliphatic rings. The Morgan fingerprint density at radius 2 is 1.86 bits per heavy atom. The molecule has 0 spiro atoms. The number of carboxylic acid groups (broad SMARTS) is 1. The highest BCUT2D eigenvalue weighted by molar-refractivity contribution is 7.91. The van der Waals surface area contributed by atoms with E-state index in [-0.39, 0.29) is 30.0 Å². The molecular weight excluding hydrogens is 296 g/mol. The van der Waals surface area contributed by atoms with Gasteiger partial charge in [0.05, 0.1) is 24.1 Å². The third-order valence-electron chi connectivity index (χ3n) is 4.19. The molecule has 2 fully saturated rings. The Hall–Kier alpha value is -1.15. The van der Waals surface area contributed by atoms with Crippen LogP contribution in [0.15, 0.2) is 0 Å². The molecule has 1 N–H and O–H groups in total. The summed E-state index contributed by atoms with van der Waals surface area (Å²) in [7, 11) is -3.21. The number of nitrogens with zero attached hydrogens (tertiary/aromatic N) is 2. The third-order valence-corrected chi connectivity index (χ3v) is 5.89. The van der Waals surface area contributed by atoms with Gasteiger partial charge >= 0.3 is 5.97 Å². The van der Waals surface area contributed by atoms with E-state index in [0.29, 0.717) is 19.5 Å². The van der Waals surface area contributed by atoms with Gasteiger partial charge in [0.2, 0.25) is 5.91 Å². The average Bonchev–Trinajstić information content (AvgIpc) is 2.71. The molecule has 2 aliphatic heterocycles. The summed E-state index contributed by atoms with van der Waals surface area (Å²) < 4.78 is 23.8. The smallest absolute Gasteiger partial charge is 0.317 e. The van der Waals surface area contributed by atoms with Gasteiger partial charge < -0.3 is 10.0 Å². The van der Waals surface area contributed by atoms with Crippen molar-refractivity contribution in [1.82, 2.24) is 9.80 Å². The lowest BCUT2D eigenvalue weighted by Gasteiger charge is -2.43. The van der Waals surface area contributed by atoms with Crippen molar-refractivity contribution in [2.45, 2.75) is 38.3 Å². The van der Waals surface area contributed by atoms with Crippen LogP contribution < -0.4 is 0 Å². The predicted octanol–water partition coefficient (Wildman–Crippen LogP) is -0.429. The highest BCUT2D eigenvalue weighted by Crippen LogP contribution is 2.27. The van der Waals surface area contributed by atoms with Crippen molar-refractivity contribution in [3.63, 3.8) is 0 Å². The van der Waals surface area contributed by atoms with Gasteiger partial charge in [-0.3, -0.25) is 14.5 Å². The maximum atomic E-state index is 12.2. The second-order valence-electron chi connectivity index (χ2n) is 5.77. The Kier molecular flexibility index (Phi) is 4.88. The molecule has 0 aromatic rings. The van der Waals surface area contributed by atoms with Gasteiger partial charge in [-0.1, -0.05) is 13.3 Å². The van der Waals surface area contributed by atoms with Crippen LogP contribution in [0, 0.1) is 0 Å². The Labute approximate surface area is 124 Å². The Morgan fingerprint density at radius 3 is 2.48 bits per heavy atom. The van der Waals surface area contributed by atoms with E-state index in [1.807, 2.05) is 6.92 Å². The van der Waals surface area contributed by atoms with Crippen LogP contribution in [0.1, 0.15) is 26.2 Å². The van der Waals surface area contributed by atoms with Crippen molar-refractivity contribution in [3.8, 4) is 0 Å². The fourth-order valence-electron chi connectivity index (χ4n) is 3.18. The SMILES string of the molecule is CCCCC(=O)N1CCN(CC(=O)O)[C@@H]2CS(=O)(=O)C[C@@H]21. The average molecular weight is 318 g/mol. The zero-order valence-corrected chi connectivity index (χ0v) is 13.0. The van der Waals surface area contributed by atoms with Crippen molar-refractivity contribution >= 4 is 21.7 Å². The number of amides is 1. The van der Waals surface area contributed by atoms with Crippen LogP contribution in [0.5, 0.6) is 0 Å². The van der Waals surface area contributed by atoms with E-state index in [2.05, 4.69) is 0 Å². The molecule has 2 atom stereocenters. The van der Waals surface area contributed by atoms with Gasteiger partial charge in [0.25, 0.3) is 0 Å². The molecule has 0 aromatic carbocycles.